The molecule has 12 nitrogen and oxygen atoms in total. The molecule has 1 aliphatic rings. The Morgan fingerprint density at radius 2 is 1.74 bits per heavy atom. The van der Waals surface area contributed by atoms with Crippen molar-refractivity contribution in [3.05, 3.63) is 59.7 Å². The van der Waals surface area contributed by atoms with Gasteiger partial charge in [0.1, 0.15) is 11.9 Å². The maximum absolute atomic E-state index is 13.7. The van der Waals surface area contributed by atoms with Crippen LogP contribution in [-0.4, -0.2) is 69.6 Å². The average molecular weight is 600 g/mol. The van der Waals surface area contributed by atoms with Crippen LogP contribution in [-0.2, 0) is 30.8 Å². The second kappa shape index (κ2) is 15.4. The van der Waals surface area contributed by atoms with Gasteiger partial charge in [0.15, 0.2) is 0 Å². The number of carbonyl (C=O) groups excluding carboxylic acids is 3. The van der Waals surface area contributed by atoms with E-state index < -0.39 is 16.1 Å². The van der Waals surface area contributed by atoms with Crippen molar-refractivity contribution in [2.75, 3.05) is 32.0 Å². The molecule has 3 amide bonds. The van der Waals surface area contributed by atoms with E-state index in [1.54, 1.807) is 42.3 Å². The molecule has 0 aromatic heterocycles. The van der Waals surface area contributed by atoms with Gasteiger partial charge in [-0.05, 0) is 61.8 Å². The van der Waals surface area contributed by atoms with Crippen molar-refractivity contribution < 1.29 is 22.8 Å². The highest BCUT2D eigenvalue weighted by Gasteiger charge is 2.32. The summed E-state index contributed by atoms with van der Waals surface area (Å²) in [5.41, 5.74) is 12.5. The lowest BCUT2D eigenvalue weighted by Crippen LogP contribution is -2.51. The second-order valence-corrected chi connectivity index (χ2v) is 12.2. The highest BCUT2D eigenvalue weighted by atomic mass is 32.2. The number of carbonyl (C=O) groups is 3. The van der Waals surface area contributed by atoms with Crippen molar-refractivity contribution in [1.82, 2.24) is 14.9 Å². The normalized spacial score (nSPS) is 14.7. The van der Waals surface area contributed by atoms with Crippen LogP contribution in [0.3, 0.4) is 0 Å². The minimum absolute atomic E-state index is 0.0116. The minimum Gasteiger partial charge on any atom is -0.384 e. The van der Waals surface area contributed by atoms with Gasteiger partial charge in [-0.25, -0.2) is 8.42 Å². The largest absolute Gasteiger partial charge is 0.384 e. The summed E-state index contributed by atoms with van der Waals surface area (Å²) in [6.45, 7) is 1.15. The topological polar surface area (TPSA) is 201 Å². The summed E-state index contributed by atoms with van der Waals surface area (Å²) >= 11 is 0. The summed E-state index contributed by atoms with van der Waals surface area (Å²) in [4.78, 5) is 38.8. The monoisotopic (exact) mass is 599 g/mol. The average Bonchev–Trinajstić information content (AvgIpc) is 2.97. The predicted octanol–water partition coefficient (Wildman–Crippen LogP) is 1.30. The molecule has 0 radical (unpaired) electrons. The lowest BCUT2D eigenvalue weighted by atomic mass is 9.91. The first-order valence-electron chi connectivity index (χ1n) is 14.1. The summed E-state index contributed by atoms with van der Waals surface area (Å²) < 4.78 is 29.6. The van der Waals surface area contributed by atoms with Crippen LogP contribution in [0.5, 0.6) is 0 Å². The zero-order valence-corrected chi connectivity index (χ0v) is 24.7. The first kappa shape index (κ1) is 32.7. The number of nitrogens with zero attached hydrogens (tertiary/aromatic N) is 1. The Morgan fingerprint density at radius 3 is 2.36 bits per heavy atom. The van der Waals surface area contributed by atoms with Crippen LogP contribution in [0.4, 0.5) is 5.69 Å². The molecule has 0 spiro atoms. The molecule has 42 heavy (non-hydrogen) atoms. The Balaban J connectivity index is 1.76. The molecule has 1 aliphatic heterocycles. The highest BCUT2D eigenvalue weighted by Crippen LogP contribution is 2.24. The van der Waals surface area contributed by atoms with E-state index in [0.717, 1.165) is 25.7 Å². The van der Waals surface area contributed by atoms with Gasteiger partial charge in [-0.3, -0.25) is 19.8 Å². The van der Waals surface area contributed by atoms with E-state index in [-0.39, 0.29) is 47.8 Å². The quantitative estimate of drug-likeness (QED) is 0.139. The predicted molar refractivity (Wildman–Crippen MR) is 161 cm³/mol. The van der Waals surface area contributed by atoms with Gasteiger partial charge in [-0.2, -0.15) is 4.72 Å². The van der Waals surface area contributed by atoms with Gasteiger partial charge in [0.05, 0.1) is 4.90 Å². The van der Waals surface area contributed by atoms with Crippen LogP contribution in [0.1, 0.15) is 49.7 Å². The van der Waals surface area contributed by atoms with E-state index in [1.807, 2.05) is 0 Å². The van der Waals surface area contributed by atoms with Crippen LogP contribution < -0.4 is 26.8 Å². The van der Waals surface area contributed by atoms with Gasteiger partial charge in [-0.1, -0.05) is 30.3 Å². The molecule has 0 unspecified atom stereocenters. The van der Waals surface area contributed by atoms with Gasteiger partial charge in [0.25, 0.3) is 0 Å². The molecule has 2 aromatic carbocycles. The fraction of sp³-hybridized carbons (Fsp3) is 0.448. The molecule has 0 bridgehead atoms. The number of hydrogen-bond donors (Lipinski definition) is 6. The zero-order valence-electron chi connectivity index (χ0n) is 23.9. The number of rotatable bonds is 14. The van der Waals surface area contributed by atoms with Gasteiger partial charge >= 0.3 is 0 Å². The maximum atomic E-state index is 13.7. The lowest BCUT2D eigenvalue weighted by molar-refractivity contribution is -0.134. The first-order chi connectivity index (χ1) is 20.0. The number of piperidine rings is 1. The summed E-state index contributed by atoms with van der Waals surface area (Å²) in [5.74, 6) is -0.348. The van der Waals surface area contributed by atoms with E-state index in [1.165, 1.54) is 18.2 Å². The summed E-state index contributed by atoms with van der Waals surface area (Å²) in [6.07, 6.45) is 3.89. The third-order valence-corrected chi connectivity index (χ3v) is 8.79. The molecule has 13 heteroatoms. The molecular weight excluding hydrogens is 558 g/mol. The van der Waals surface area contributed by atoms with Crippen LogP contribution in [0, 0.1) is 11.3 Å². The lowest BCUT2D eigenvalue weighted by Gasteiger charge is -2.34. The third kappa shape index (κ3) is 9.64. The molecule has 8 N–H and O–H groups in total. The number of hydrogen-bond acceptors (Lipinski definition) is 7. The molecule has 1 fully saturated rings. The second-order valence-electron chi connectivity index (χ2n) is 10.4. The number of sulfonamides is 1. The number of nitrogens with one attached hydrogen (secondary N) is 4. The minimum atomic E-state index is -4.15. The van der Waals surface area contributed by atoms with Gasteiger partial charge in [0.2, 0.25) is 27.7 Å². The van der Waals surface area contributed by atoms with Crippen molar-refractivity contribution in [2.45, 2.75) is 55.9 Å². The molecule has 1 heterocycles. The smallest absolute Gasteiger partial charge is 0.241 e. The molecule has 0 aliphatic carbocycles. The Hall–Kier alpha value is -3.81. The van der Waals surface area contributed by atoms with E-state index in [0.29, 0.717) is 42.2 Å². The van der Waals surface area contributed by atoms with Crippen molar-refractivity contribution in [2.24, 2.45) is 17.4 Å². The number of amidine groups is 1. The zero-order chi connectivity index (χ0) is 30.7. The van der Waals surface area contributed by atoms with E-state index in [9.17, 15) is 22.8 Å². The summed E-state index contributed by atoms with van der Waals surface area (Å²) in [5, 5.41) is 12.9. The standard InChI is InChI=1S/C29H41N7O5S/c1-33-26(37)7-2-4-20-13-16-36(17-14-20)29(39)25(18-21-8-10-22(11-9-21)28(31)32)35-42(40,41)24-6-3-5-23(19-24)34-27(38)12-15-30/h3,5-6,8-11,19-20,25,35H,2,4,7,12-18,30H2,1H3,(H3,31,32)(H,33,37)(H,34,38)/t25-/m0/s1. The van der Waals surface area contributed by atoms with Crippen molar-refractivity contribution >= 4 is 39.3 Å². The molecule has 228 valence electrons. The van der Waals surface area contributed by atoms with Crippen LogP contribution in [0.15, 0.2) is 53.4 Å². The Labute approximate surface area is 247 Å². The van der Waals surface area contributed by atoms with Crippen LogP contribution in [0.2, 0.25) is 0 Å². The number of nitrogens with two attached hydrogens (primary N) is 2. The van der Waals surface area contributed by atoms with Crippen molar-refractivity contribution in [3.63, 3.8) is 0 Å². The van der Waals surface area contributed by atoms with Crippen molar-refractivity contribution in [1.29, 1.82) is 5.41 Å². The number of benzene rings is 2. The molecule has 1 atom stereocenters. The van der Waals surface area contributed by atoms with Crippen molar-refractivity contribution in [3.8, 4) is 0 Å². The molecule has 1 saturated heterocycles. The van der Waals surface area contributed by atoms with Gasteiger partial charge in [-0.15, -0.1) is 0 Å². The van der Waals surface area contributed by atoms with Crippen LogP contribution in [0.25, 0.3) is 0 Å². The molecular formula is C29H41N7O5S. The number of anilines is 1. The fourth-order valence-corrected chi connectivity index (χ4v) is 6.16. The van der Waals surface area contributed by atoms with E-state index in [4.69, 9.17) is 16.9 Å². The Bertz CT molecular complexity index is 1360. The highest BCUT2D eigenvalue weighted by molar-refractivity contribution is 7.89. The van der Waals surface area contributed by atoms with E-state index >= 15 is 0 Å². The Morgan fingerprint density at radius 1 is 1.05 bits per heavy atom. The number of amides is 3. The third-order valence-electron chi connectivity index (χ3n) is 7.32. The van der Waals surface area contributed by atoms with E-state index in [2.05, 4.69) is 15.4 Å². The maximum Gasteiger partial charge on any atom is 0.241 e. The SMILES string of the molecule is CNC(=O)CCCC1CCN(C(=O)[C@H](Cc2ccc(C(=N)N)cc2)NS(=O)(=O)c2cccc(NC(=O)CCN)c2)CC1. The molecule has 3 rings (SSSR count). The number of likely N-dealkylation sites (tertiary alicyclic amines) is 1. The summed E-state index contributed by atoms with van der Waals surface area (Å²) in [7, 11) is -2.54. The molecule has 2 aromatic rings. The summed E-state index contributed by atoms with van der Waals surface area (Å²) in [6, 6.07) is 11.5. The molecule has 0 saturated carbocycles. The van der Waals surface area contributed by atoms with Gasteiger partial charge < -0.3 is 27.0 Å². The Kier molecular flexibility index (Phi) is 12.0. The number of nitrogen functional groups attached to an aromatic ring is 1. The van der Waals surface area contributed by atoms with Crippen LogP contribution >= 0.6 is 0 Å². The van der Waals surface area contributed by atoms with Gasteiger partial charge in [0, 0.05) is 50.8 Å². The first-order valence-corrected chi connectivity index (χ1v) is 15.6. The fourth-order valence-electron chi connectivity index (χ4n) is 4.93.